The van der Waals surface area contributed by atoms with Crippen LogP contribution in [0.25, 0.3) is 0 Å². The Morgan fingerprint density at radius 1 is 1.35 bits per heavy atom. The molecule has 20 heavy (non-hydrogen) atoms. The van der Waals surface area contributed by atoms with Gasteiger partial charge in [-0.1, -0.05) is 25.4 Å². The molecule has 0 bridgehead atoms. The van der Waals surface area contributed by atoms with Crippen molar-refractivity contribution in [1.82, 2.24) is 15.2 Å². The molecular weight excluding hydrogens is 276 g/mol. The summed E-state index contributed by atoms with van der Waals surface area (Å²) in [7, 11) is 0. The number of hydrogen-bond acceptors (Lipinski definition) is 4. The summed E-state index contributed by atoms with van der Waals surface area (Å²) in [4.78, 5) is 0. The molecule has 1 aromatic rings. The highest BCUT2D eigenvalue weighted by atomic mass is 35.5. The summed E-state index contributed by atoms with van der Waals surface area (Å²) in [6, 6.07) is 0.0316. The van der Waals surface area contributed by atoms with Gasteiger partial charge in [-0.2, -0.15) is 5.10 Å². The van der Waals surface area contributed by atoms with Gasteiger partial charge in [-0.3, -0.25) is 16.0 Å². The first-order chi connectivity index (χ1) is 9.62. The van der Waals surface area contributed by atoms with Gasteiger partial charge >= 0.3 is 0 Å². The molecule has 0 fully saturated rings. The van der Waals surface area contributed by atoms with Crippen molar-refractivity contribution in [3.05, 3.63) is 16.4 Å². The number of aryl methyl sites for hydroxylation is 2. The highest BCUT2D eigenvalue weighted by Crippen LogP contribution is 2.24. The van der Waals surface area contributed by atoms with Crippen molar-refractivity contribution in [2.75, 3.05) is 6.61 Å². The summed E-state index contributed by atoms with van der Waals surface area (Å²) in [5, 5.41) is 5.31. The maximum Gasteiger partial charge on any atom is 0.0850 e. The molecule has 0 amide bonds. The van der Waals surface area contributed by atoms with Crippen LogP contribution in [0.15, 0.2) is 0 Å². The molecule has 2 unspecified atom stereocenters. The van der Waals surface area contributed by atoms with Gasteiger partial charge in [-0.15, -0.1) is 0 Å². The van der Waals surface area contributed by atoms with Crippen molar-refractivity contribution < 1.29 is 4.74 Å². The molecule has 1 aromatic heterocycles. The molecule has 6 heteroatoms. The number of rotatable bonds is 9. The fourth-order valence-corrected chi connectivity index (χ4v) is 2.80. The Bertz CT molecular complexity index is 408. The fraction of sp³-hybridized carbons (Fsp3) is 0.786. The number of hydrogen-bond donors (Lipinski definition) is 2. The van der Waals surface area contributed by atoms with Gasteiger partial charge in [0.1, 0.15) is 0 Å². The number of nitrogens with one attached hydrogen (secondary N) is 1. The molecule has 0 aliphatic heterocycles. The van der Waals surface area contributed by atoms with Crippen LogP contribution in [-0.2, 0) is 24.1 Å². The van der Waals surface area contributed by atoms with Gasteiger partial charge in [0, 0.05) is 19.6 Å². The third kappa shape index (κ3) is 3.95. The van der Waals surface area contributed by atoms with Gasteiger partial charge in [0.25, 0.3) is 0 Å². The van der Waals surface area contributed by atoms with E-state index in [1.807, 2.05) is 11.6 Å². The molecular formula is C14H27ClN4O. The van der Waals surface area contributed by atoms with Crippen LogP contribution in [-0.4, -0.2) is 28.5 Å². The summed E-state index contributed by atoms with van der Waals surface area (Å²) in [5.41, 5.74) is 4.85. The van der Waals surface area contributed by atoms with Gasteiger partial charge in [-0.25, -0.2) is 0 Å². The fourth-order valence-electron chi connectivity index (χ4n) is 2.45. The lowest BCUT2D eigenvalue weighted by molar-refractivity contribution is 0.0314. The van der Waals surface area contributed by atoms with E-state index in [0.717, 1.165) is 35.8 Å². The van der Waals surface area contributed by atoms with Crippen LogP contribution < -0.4 is 11.3 Å². The van der Waals surface area contributed by atoms with Crippen LogP contribution in [0.4, 0.5) is 0 Å². The van der Waals surface area contributed by atoms with Crippen molar-refractivity contribution in [2.45, 2.75) is 65.6 Å². The maximum absolute atomic E-state index is 6.44. The monoisotopic (exact) mass is 302 g/mol. The molecule has 1 heterocycles. The number of hydrazine groups is 1. The molecule has 0 aromatic carbocycles. The van der Waals surface area contributed by atoms with E-state index in [0.29, 0.717) is 13.0 Å². The van der Waals surface area contributed by atoms with E-state index in [1.54, 1.807) is 0 Å². The second-order valence-corrected chi connectivity index (χ2v) is 5.13. The zero-order valence-corrected chi connectivity index (χ0v) is 13.7. The Kier molecular flexibility index (Phi) is 7.51. The average Bonchev–Trinajstić information content (AvgIpc) is 2.78. The summed E-state index contributed by atoms with van der Waals surface area (Å²) >= 11 is 6.44. The smallest absolute Gasteiger partial charge is 0.0850 e. The maximum atomic E-state index is 6.44. The average molecular weight is 303 g/mol. The summed E-state index contributed by atoms with van der Waals surface area (Å²) < 4.78 is 7.71. The standard InChI is InChI=1S/C14H27ClN4O/c1-5-10-14(15)12(19(7-3)18-10)9-11(17-16)13(6-2)20-8-4/h11,13,17H,5-9,16H2,1-4H3. The molecule has 3 N–H and O–H groups in total. The number of nitrogens with two attached hydrogens (primary N) is 1. The second kappa shape index (κ2) is 8.62. The van der Waals surface area contributed by atoms with Crippen molar-refractivity contribution in [2.24, 2.45) is 5.84 Å². The molecule has 2 atom stereocenters. The van der Waals surface area contributed by atoms with Crippen LogP contribution in [0.2, 0.25) is 5.02 Å². The molecule has 1 rings (SSSR count). The minimum Gasteiger partial charge on any atom is -0.377 e. The summed E-state index contributed by atoms with van der Waals surface area (Å²) in [6.45, 7) is 9.70. The first-order valence-corrected chi connectivity index (χ1v) is 7.82. The molecule has 0 saturated heterocycles. The molecule has 0 radical (unpaired) electrons. The number of aromatic nitrogens is 2. The quantitative estimate of drug-likeness (QED) is 0.543. The first-order valence-electron chi connectivity index (χ1n) is 7.44. The third-order valence-electron chi connectivity index (χ3n) is 3.55. The van der Waals surface area contributed by atoms with Gasteiger partial charge in [0.2, 0.25) is 0 Å². The van der Waals surface area contributed by atoms with Crippen LogP contribution in [0.5, 0.6) is 0 Å². The zero-order chi connectivity index (χ0) is 15.1. The lowest BCUT2D eigenvalue weighted by atomic mass is 10.0. The van der Waals surface area contributed by atoms with Crippen molar-refractivity contribution in [3.8, 4) is 0 Å². The Balaban J connectivity index is 2.96. The Hall–Kier alpha value is -0.620. The molecule has 0 aliphatic rings. The van der Waals surface area contributed by atoms with Crippen LogP contribution in [0.3, 0.4) is 0 Å². The van der Waals surface area contributed by atoms with E-state index in [-0.39, 0.29) is 12.1 Å². The number of ether oxygens (including phenoxy) is 1. The summed E-state index contributed by atoms with van der Waals surface area (Å²) in [6.07, 6.45) is 2.53. The van der Waals surface area contributed by atoms with E-state index < -0.39 is 0 Å². The van der Waals surface area contributed by atoms with E-state index in [1.165, 1.54) is 0 Å². The second-order valence-electron chi connectivity index (χ2n) is 4.76. The van der Waals surface area contributed by atoms with Gasteiger partial charge in [0.15, 0.2) is 0 Å². The molecule has 0 aliphatic carbocycles. The Morgan fingerprint density at radius 2 is 2.05 bits per heavy atom. The summed E-state index contributed by atoms with van der Waals surface area (Å²) in [5.74, 6) is 5.71. The minimum absolute atomic E-state index is 0.0316. The predicted octanol–water partition coefficient (Wildman–Crippen LogP) is 2.31. The van der Waals surface area contributed by atoms with Crippen molar-refractivity contribution in [3.63, 3.8) is 0 Å². The van der Waals surface area contributed by atoms with Crippen LogP contribution in [0, 0.1) is 0 Å². The minimum atomic E-state index is 0.0316. The van der Waals surface area contributed by atoms with E-state index in [9.17, 15) is 0 Å². The van der Waals surface area contributed by atoms with Gasteiger partial charge in [0.05, 0.1) is 28.6 Å². The lowest BCUT2D eigenvalue weighted by Gasteiger charge is -2.25. The Morgan fingerprint density at radius 3 is 2.50 bits per heavy atom. The highest BCUT2D eigenvalue weighted by molar-refractivity contribution is 6.31. The van der Waals surface area contributed by atoms with E-state index in [4.69, 9.17) is 22.2 Å². The molecule has 0 saturated carbocycles. The third-order valence-corrected chi connectivity index (χ3v) is 3.99. The van der Waals surface area contributed by atoms with E-state index >= 15 is 0 Å². The first kappa shape index (κ1) is 17.4. The normalized spacial score (nSPS) is 14.5. The molecule has 0 spiro atoms. The number of halogens is 1. The molecule has 5 nitrogen and oxygen atoms in total. The SMILES string of the molecule is CCOC(CC)C(Cc1c(Cl)c(CC)nn1CC)NN. The zero-order valence-electron chi connectivity index (χ0n) is 12.9. The Labute approximate surface area is 126 Å². The van der Waals surface area contributed by atoms with Gasteiger partial charge < -0.3 is 4.74 Å². The topological polar surface area (TPSA) is 65.1 Å². The van der Waals surface area contributed by atoms with Crippen molar-refractivity contribution in [1.29, 1.82) is 0 Å². The largest absolute Gasteiger partial charge is 0.377 e. The van der Waals surface area contributed by atoms with E-state index in [2.05, 4.69) is 31.3 Å². The number of nitrogens with zero attached hydrogens (tertiary/aromatic N) is 2. The lowest BCUT2D eigenvalue weighted by Crippen LogP contribution is -2.46. The highest BCUT2D eigenvalue weighted by Gasteiger charge is 2.24. The van der Waals surface area contributed by atoms with Crippen LogP contribution >= 0.6 is 11.6 Å². The van der Waals surface area contributed by atoms with Crippen LogP contribution in [0.1, 0.15) is 45.5 Å². The van der Waals surface area contributed by atoms with Gasteiger partial charge in [-0.05, 0) is 26.7 Å². The van der Waals surface area contributed by atoms with Crippen molar-refractivity contribution >= 4 is 11.6 Å². The molecule has 116 valence electrons. The predicted molar refractivity (Wildman–Crippen MR) is 82.8 cm³/mol.